The second-order valence-electron chi connectivity index (χ2n) is 4.10. The normalized spacial score (nSPS) is 11.9. The average Bonchev–Trinajstić information content (AvgIpc) is 2.74. The number of carbonyl (C=O) groups is 2. The second kappa shape index (κ2) is 7.37. The lowest BCUT2D eigenvalue weighted by Crippen LogP contribution is -2.38. The summed E-state index contributed by atoms with van der Waals surface area (Å²) in [5, 5.41) is 26.5. The molecule has 8 heteroatoms. The highest BCUT2D eigenvalue weighted by atomic mass is 16.4. The first-order valence-electron chi connectivity index (χ1n) is 5.89. The lowest BCUT2D eigenvalue weighted by Gasteiger charge is -2.08. The zero-order valence-electron chi connectivity index (χ0n) is 10.7. The number of aliphatic hydroxyl groups excluding tert-OH is 1. The molecule has 1 heterocycles. The molecule has 0 aliphatic carbocycles. The Morgan fingerprint density at radius 3 is 2.68 bits per heavy atom. The van der Waals surface area contributed by atoms with E-state index in [1.54, 1.807) is 10.9 Å². The Hall–Kier alpha value is -2.09. The summed E-state index contributed by atoms with van der Waals surface area (Å²) in [4.78, 5) is 21.6. The van der Waals surface area contributed by atoms with E-state index in [4.69, 9.17) is 10.2 Å². The number of carboxylic acids is 1. The van der Waals surface area contributed by atoms with Crippen LogP contribution in [0.2, 0.25) is 0 Å². The molecule has 0 bridgehead atoms. The number of nitrogens with one attached hydrogen (secondary N) is 2. The van der Waals surface area contributed by atoms with Gasteiger partial charge in [0.25, 0.3) is 0 Å². The molecular formula is C11H18N4O4. The standard InChI is InChI=1S/C11H18N4O4/c1-15-7-8(6-14-15)2-4-12-11(19)13-5-3-9(16)10(17)18/h6-7,9,16H,2-5H2,1H3,(H,17,18)(H2,12,13,19)/t9-/m0/s1. The molecule has 0 aromatic carbocycles. The molecule has 106 valence electrons. The van der Waals surface area contributed by atoms with Gasteiger partial charge >= 0.3 is 12.0 Å². The molecule has 19 heavy (non-hydrogen) atoms. The Morgan fingerprint density at radius 2 is 2.11 bits per heavy atom. The summed E-state index contributed by atoms with van der Waals surface area (Å²) in [6, 6.07) is -0.388. The smallest absolute Gasteiger partial charge is 0.332 e. The third-order valence-corrected chi connectivity index (χ3v) is 2.45. The van der Waals surface area contributed by atoms with Gasteiger partial charge in [0.05, 0.1) is 6.20 Å². The van der Waals surface area contributed by atoms with Crippen molar-refractivity contribution in [1.29, 1.82) is 0 Å². The van der Waals surface area contributed by atoms with E-state index in [2.05, 4.69) is 15.7 Å². The summed E-state index contributed by atoms with van der Waals surface area (Å²) >= 11 is 0. The summed E-state index contributed by atoms with van der Waals surface area (Å²) in [5.41, 5.74) is 1.02. The van der Waals surface area contributed by atoms with Gasteiger partial charge in [0.15, 0.2) is 6.10 Å². The maximum Gasteiger partial charge on any atom is 0.332 e. The minimum absolute atomic E-state index is 0.0225. The van der Waals surface area contributed by atoms with Crippen LogP contribution in [-0.4, -0.2) is 51.2 Å². The van der Waals surface area contributed by atoms with Gasteiger partial charge < -0.3 is 20.8 Å². The third-order valence-electron chi connectivity index (χ3n) is 2.45. The van der Waals surface area contributed by atoms with Gasteiger partial charge in [-0.05, 0) is 12.0 Å². The number of carboxylic acid groups (broad SMARTS) is 1. The monoisotopic (exact) mass is 270 g/mol. The van der Waals surface area contributed by atoms with Crippen molar-refractivity contribution in [2.45, 2.75) is 18.9 Å². The highest BCUT2D eigenvalue weighted by molar-refractivity contribution is 5.74. The Morgan fingerprint density at radius 1 is 1.42 bits per heavy atom. The van der Waals surface area contributed by atoms with Crippen LogP contribution in [0.25, 0.3) is 0 Å². The van der Waals surface area contributed by atoms with E-state index in [1.807, 2.05) is 13.2 Å². The van der Waals surface area contributed by atoms with E-state index in [1.165, 1.54) is 0 Å². The Bertz CT molecular complexity index is 432. The molecule has 0 saturated heterocycles. The molecule has 0 saturated carbocycles. The molecule has 2 amide bonds. The fraction of sp³-hybridized carbons (Fsp3) is 0.545. The highest BCUT2D eigenvalue weighted by Crippen LogP contribution is 1.95. The van der Waals surface area contributed by atoms with Gasteiger partial charge in [-0.2, -0.15) is 5.10 Å². The summed E-state index contributed by atoms with van der Waals surface area (Å²) in [5.74, 6) is -1.29. The van der Waals surface area contributed by atoms with Crippen LogP contribution in [-0.2, 0) is 18.3 Å². The van der Waals surface area contributed by atoms with Crippen LogP contribution in [0.3, 0.4) is 0 Å². The number of nitrogens with zero attached hydrogens (tertiary/aromatic N) is 2. The van der Waals surface area contributed by atoms with Crippen molar-refractivity contribution >= 4 is 12.0 Å². The van der Waals surface area contributed by atoms with Crippen molar-refractivity contribution in [3.05, 3.63) is 18.0 Å². The van der Waals surface area contributed by atoms with Crippen molar-refractivity contribution in [3.63, 3.8) is 0 Å². The molecule has 0 fully saturated rings. The van der Waals surface area contributed by atoms with E-state index in [9.17, 15) is 9.59 Å². The molecule has 0 aliphatic heterocycles. The van der Waals surface area contributed by atoms with Gasteiger partial charge in [0.2, 0.25) is 0 Å². The number of aromatic nitrogens is 2. The average molecular weight is 270 g/mol. The van der Waals surface area contributed by atoms with Crippen LogP contribution in [0.1, 0.15) is 12.0 Å². The van der Waals surface area contributed by atoms with Gasteiger partial charge in [-0.3, -0.25) is 4.68 Å². The molecule has 1 rings (SSSR count). The summed E-state index contributed by atoms with van der Waals surface area (Å²) in [7, 11) is 1.82. The largest absolute Gasteiger partial charge is 0.479 e. The third kappa shape index (κ3) is 5.87. The summed E-state index contributed by atoms with van der Waals surface area (Å²) in [6.45, 7) is 0.561. The van der Waals surface area contributed by atoms with Crippen molar-refractivity contribution in [1.82, 2.24) is 20.4 Å². The van der Waals surface area contributed by atoms with Gasteiger partial charge in [-0.15, -0.1) is 0 Å². The van der Waals surface area contributed by atoms with Crippen LogP contribution in [0.15, 0.2) is 12.4 Å². The van der Waals surface area contributed by atoms with E-state index >= 15 is 0 Å². The lowest BCUT2D eigenvalue weighted by molar-refractivity contribution is -0.146. The predicted molar refractivity (Wildman–Crippen MR) is 66.6 cm³/mol. The van der Waals surface area contributed by atoms with E-state index in [-0.39, 0.29) is 19.0 Å². The number of urea groups is 1. The number of carbonyl (C=O) groups excluding carboxylic acids is 1. The Kier molecular flexibility index (Phi) is 5.80. The predicted octanol–water partition coefficient (Wildman–Crippen LogP) is -0.903. The van der Waals surface area contributed by atoms with E-state index in [0.717, 1.165) is 5.56 Å². The summed E-state index contributed by atoms with van der Waals surface area (Å²) in [6.07, 6.45) is 2.78. The number of aliphatic hydroxyl groups is 1. The van der Waals surface area contributed by atoms with Gasteiger partial charge in [0.1, 0.15) is 0 Å². The van der Waals surface area contributed by atoms with Crippen LogP contribution < -0.4 is 10.6 Å². The topological polar surface area (TPSA) is 116 Å². The Labute approximate surface area is 110 Å². The zero-order chi connectivity index (χ0) is 14.3. The minimum atomic E-state index is -1.45. The number of aliphatic carboxylic acids is 1. The highest BCUT2D eigenvalue weighted by Gasteiger charge is 2.12. The maximum atomic E-state index is 11.3. The molecule has 8 nitrogen and oxygen atoms in total. The minimum Gasteiger partial charge on any atom is -0.479 e. The lowest BCUT2D eigenvalue weighted by atomic mass is 10.2. The Balaban J connectivity index is 2.10. The number of hydrogen-bond donors (Lipinski definition) is 4. The van der Waals surface area contributed by atoms with Crippen LogP contribution in [0.5, 0.6) is 0 Å². The van der Waals surface area contributed by atoms with Crippen LogP contribution in [0, 0.1) is 0 Å². The number of rotatable bonds is 7. The van der Waals surface area contributed by atoms with E-state index < -0.39 is 12.1 Å². The first kappa shape index (κ1) is 15.0. The maximum absolute atomic E-state index is 11.3. The van der Waals surface area contributed by atoms with Crippen molar-refractivity contribution in [3.8, 4) is 0 Å². The molecule has 0 radical (unpaired) electrons. The molecule has 1 atom stereocenters. The molecule has 0 unspecified atom stereocenters. The van der Waals surface area contributed by atoms with Crippen LogP contribution in [0.4, 0.5) is 4.79 Å². The van der Waals surface area contributed by atoms with Crippen molar-refractivity contribution in [2.24, 2.45) is 7.05 Å². The number of aryl methyl sites for hydroxylation is 1. The first-order chi connectivity index (χ1) is 8.99. The van der Waals surface area contributed by atoms with Gasteiger partial charge in [-0.1, -0.05) is 0 Å². The van der Waals surface area contributed by atoms with Gasteiger partial charge in [-0.25, -0.2) is 9.59 Å². The molecule has 4 N–H and O–H groups in total. The quantitative estimate of drug-likeness (QED) is 0.512. The molecule has 1 aromatic rings. The fourth-order valence-electron chi connectivity index (χ4n) is 1.43. The number of amides is 2. The summed E-state index contributed by atoms with van der Waals surface area (Å²) < 4.78 is 1.68. The SMILES string of the molecule is Cn1cc(CCNC(=O)NCC[C@H](O)C(=O)O)cn1. The van der Waals surface area contributed by atoms with Crippen LogP contribution >= 0.6 is 0 Å². The van der Waals surface area contributed by atoms with Crippen molar-refractivity contribution in [2.75, 3.05) is 13.1 Å². The molecule has 1 aromatic heterocycles. The number of hydrogen-bond acceptors (Lipinski definition) is 4. The second-order valence-corrected chi connectivity index (χ2v) is 4.10. The molecule has 0 spiro atoms. The fourth-order valence-corrected chi connectivity index (χ4v) is 1.43. The first-order valence-corrected chi connectivity index (χ1v) is 5.89. The zero-order valence-corrected chi connectivity index (χ0v) is 10.7. The molecular weight excluding hydrogens is 252 g/mol. The molecule has 0 aliphatic rings. The van der Waals surface area contributed by atoms with E-state index in [0.29, 0.717) is 13.0 Å². The van der Waals surface area contributed by atoms with Crippen molar-refractivity contribution < 1.29 is 19.8 Å². The van der Waals surface area contributed by atoms with Gasteiger partial charge in [0, 0.05) is 32.8 Å².